The van der Waals surface area contributed by atoms with Gasteiger partial charge in [0.1, 0.15) is 24.1 Å². The van der Waals surface area contributed by atoms with Crippen LogP contribution in [-0.2, 0) is 72.1 Å². The minimum atomic E-state index is -0.210. The average molecular weight is 1500 g/mol. The Hall–Kier alpha value is -8.58. The molecule has 0 radical (unpaired) electrons. The van der Waals surface area contributed by atoms with E-state index < -0.39 is 0 Å². The number of hydrogen-bond donors (Lipinski definition) is 7. The molecule has 0 bridgehead atoms. The van der Waals surface area contributed by atoms with Crippen molar-refractivity contribution < 1.29 is 47.6 Å². The number of urea groups is 3. The number of aromatic nitrogens is 6. The van der Waals surface area contributed by atoms with Gasteiger partial charge in [-0.2, -0.15) is 0 Å². The number of Topliss-reactive ketones (excluding diaryl/α,β-unsaturated/α-hetero) is 1. The summed E-state index contributed by atoms with van der Waals surface area (Å²) in [6, 6.07) is 24.2. The van der Waals surface area contributed by atoms with E-state index in [2.05, 4.69) is 110 Å². The first-order valence-corrected chi connectivity index (χ1v) is 39.2. The van der Waals surface area contributed by atoms with Crippen LogP contribution < -0.4 is 51.9 Å². The van der Waals surface area contributed by atoms with Crippen LogP contribution in [0.3, 0.4) is 0 Å². The predicted molar refractivity (Wildman–Crippen MR) is 424 cm³/mol. The van der Waals surface area contributed by atoms with Gasteiger partial charge in [0.2, 0.25) is 0 Å². The highest BCUT2D eigenvalue weighted by atomic mass is 16.5. The normalized spacial score (nSPS) is 22.7. The van der Waals surface area contributed by atoms with E-state index in [1.807, 2.05) is 107 Å². The van der Waals surface area contributed by atoms with Crippen LogP contribution in [0, 0.1) is 0 Å². The summed E-state index contributed by atoms with van der Waals surface area (Å²) in [7, 11) is 0. The van der Waals surface area contributed by atoms with Crippen molar-refractivity contribution in [3.8, 4) is 34.2 Å². The number of rotatable bonds is 14. The first-order chi connectivity index (χ1) is 52.4. The molecule has 588 valence electrons. The molecule has 0 unspecified atom stereocenters. The van der Waals surface area contributed by atoms with Crippen LogP contribution >= 0.6 is 0 Å². The molecule has 7 N–H and O–H groups in total. The fourth-order valence-corrected chi connectivity index (χ4v) is 15.5. The number of fused-ring (bicyclic) bond motifs is 3. The van der Waals surface area contributed by atoms with Crippen LogP contribution in [0.2, 0.25) is 0 Å². The molecule has 3 aromatic heterocycles. The summed E-state index contributed by atoms with van der Waals surface area (Å²) in [5, 5.41) is 20.2. The molecule has 12 heterocycles. The highest BCUT2D eigenvalue weighted by Gasteiger charge is 2.41. The highest BCUT2D eigenvalue weighted by molar-refractivity contribution is 5.91. The smallest absolute Gasteiger partial charge is 0.319 e. The van der Waals surface area contributed by atoms with Gasteiger partial charge in [0, 0.05) is 141 Å². The third kappa shape index (κ3) is 20.7. The summed E-state index contributed by atoms with van der Waals surface area (Å²) < 4.78 is 34.2. The summed E-state index contributed by atoms with van der Waals surface area (Å²) in [6.45, 7) is 40.4. The molecule has 0 saturated carbocycles. The van der Waals surface area contributed by atoms with Crippen molar-refractivity contribution in [2.75, 3.05) is 149 Å². The molecule has 6 aromatic rings. The Morgan fingerprint density at radius 3 is 1.12 bits per heavy atom. The third-order valence-electron chi connectivity index (χ3n) is 21.3. The van der Waals surface area contributed by atoms with E-state index in [0.717, 1.165) is 191 Å². The fourth-order valence-electron chi connectivity index (χ4n) is 15.5. The van der Waals surface area contributed by atoms with Crippen LogP contribution in [0.25, 0.3) is 34.2 Å². The van der Waals surface area contributed by atoms with Crippen molar-refractivity contribution in [2.45, 2.75) is 188 Å². The summed E-state index contributed by atoms with van der Waals surface area (Å²) in [5.41, 5.74) is 11.7. The molecular weight excluding hydrogens is 1390 g/mol. The molecular formula is C81H114N18O10. The summed E-state index contributed by atoms with van der Waals surface area (Å²) in [4.78, 5) is 88.4. The van der Waals surface area contributed by atoms with Crippen LogP contribution in [0.4, 0.5) is 48.9 Å². The van der Waals surface area contributed by atoms with E-state index in [1.54, 1.807) is 0 Å². The molecule has 0 spiro atoms. The second kappa shape index (κ2) is 36.1. The third-order valence-corrected chi connectivity index (χ3v) is 21.3. The lowest BCUT2D eigenvalue weighted by molar-refractivity contribution is -0.117. The molecule has 9 aliphatic heterocycles. The lowest BCUT2D eigenvalue weighted by Gasteiger charge is -2.38. The van der Waals surface area contributed by atoms with Gasteiger partial charge < -0.3 is 80.3 Å². The number of benzene rings is 3. The molecule has 6 saturated heterocycles. The zero-order valence-corrected chi connectivity index (χ0v) is 65.9. The number of hydrogen-bond acceptors (Lipinski definition) is 22. The summed E-state index contributed by atoms with van der Waals surface area (Å²) in [5.74, 6) is 5.48. The van der Waals surface area contributed by atoms with E-state index >= 15 is 0 Å². The average Bonchev–Trinajstić information content (AvgIpc) is 1.41. The Morgan fingerprint density at radius 1 is 0.459 bits per heavy atom. The highest BCUT2D eigenvalue weighted by Crippen LogP contribution is 2.39. The number of nitrogens with zero attached hydrogens (tertiary/aromatic N) is 11. The van der Waals surface area contributed by atoms with Gasteiger partial charge in [0.25, 0.3) is 0 Å². The Kier molecular flexibility index (Phi) is 26.5. The first kappa shape index (κ1) is 80.0. The van der Waals surface area contributed by atoms with E-state index in [1.165, 1.54) is 16.7 Å². The lowest BCUT2D eigenvalue weighted by Crippen LogP contribution is -2.46. The van der Waals surface area contributed by atoms with Crippen LogP contribution in [-0.4, -0.2) is 229 Å². The molecule has 6 amide bonds. The number of carbonyl (C=O) groups is 4. The Labute approximate surface area is 642 Å². The van der Waals surface area contributed by atoms with E-state index in [9.17, 15) is 19.2 Å². The fraction of sp³-hybridized carbons (Fsp3) is 0.580. The summed E-state index contributed by atoms with van der Waals surface area (Å²) >= 11 is 0. The van der Waals surface area contributed by atoms with Crippen LogP contribution in [0.15, 0.2) is 72.8 Å². The van der Waals surface area contributed by atoms with Crippen molar-refractivity contribution in [3.05, 3.63) is 107 Å². The quantitative estimate of drug-likeness (QED) is 0.0533. The molecule has 0 aliphatic carbocycles. The topological polar surface area (TPSA) is 301 Å². The van der Waals surface area contributed by atoms with Gasteiger partial charge in [0.05, 0.1) is 105 Å². The van der Waals surface area contributed by atoms with Gasteiger partial charge >= 0.3 is 18.1 Å². The van der Waals surface area contributed by atoms with E-state index in [0.29, 0.717) is 83.6 Å². The Bertz CT molecular complexity index is 3940. The van der Waals surface area contributed by atoms with Crippen molar-refractivity contribution in [1.29, 1.82) is 0 Å². The molecule has 28 heteroatoms. The number of morpholine rings is 3. The van der Waals surface area contributed by atoms with Crippen molar-refractivity contribution in [3.63, 3.8) is 0 Å². The van der Waals surface area contributed by atoms with Crippen molar-refractivity contribution in [1.82, 2.24) is 61.0 Å². The number of nitrogens with one attached hydrogen (secondary N) is 7. The molecule has 3 aromatic carbocycles. The zero-order valence-electron chi connectivity index (χ0n) is 65.9. The van der Waals surface area contributed by atoms with Gasteiger partial charge in [-0.3, -0.25) is 14.6 Å². The zero-order chi connectivity index (χ0) is 77.0. The van der Waals surface area contributed by atoms with Gasteiger partial charge in [-0.1, -0.05) is 0 Å². The van der Waals surface area contributed by atoms with E-state index in [-0.39, 0.29) is 58.8 Å². The number of ketones is 1. The molecule has 109 heavy (non-hydrogen) atoms. The maximum atomic E-state index is 11.9. The second-order valence-corrected chi connectivity index (χ2v) is 31.4. The number of amides is 6. The van der Waals surface area contributed by atoms with Crippen LogP contribution in [0.1, 0.15) is 136 Å². The maximum absolute atomic E-state index is 11.9. The van der Waals surface area contributed by atoms with E-state index in [4.69, 9.17) is 58.3 Å². The molecule has 5 atom stereocenters. The molecule has 15 rings (SSSR count). The van der Waals surface area contributed by atoms with Crippen molar-refractivity contribution >= 4 is 58.4 Å². The minimum absolute atomic E-state index is 0.0695. The number of anilines is 6. The number of ether oxygens (including phenoxy) is 6. The SMILES string of the molecule is CC1(C)CC(=O)CO1.CCNC(=O)Nc1ccc(-c2nc3c(c(N4CCOC[C@@H]4C)n2)CCN([C@@H]2COC(C)(C)C2)C3)cc1.CCNC(=O)Nc1ccc(-c2nc3c(c(N4CCOC[C@@H]4C)n2)CCN([C@H]2COC(C)(C)C2)C3)cc1.CCNC(=O)Nc1ccc(-c2nc3c(c(N4CCOC[C@@H]4C)n2)CCNC3)cc1. The Morgan fingerprint density at radius 2 is 0.817 bits per heavy atom. The molecule has 9 aliphatic rings. The standard InChI is InChI=1S/2C27H38N6O3.C21H28N6O2.C6H10O2/c2*1-5-28-26(34)29-20-8-6-19(7-9-20)24-30-23-15-32(21-14-27(3,4)36-17-21)11-10-22(23)25(31-24)33-12-13-35-16-18(33)2;1-3-23-21(28)24-16-6-4-15(5-7-16)19-25-18-12-22-9-8-17(18)20(26-19)27-10-11-29-13-14(27)2;1-6(2)3-5(7)4-8-6/h2*6-9,18,21H,5,10-17H2,1-4H3,(H2,28,29,34);4-7,14,22H,3,8-13H2,1-2H3,(H2,23,24,28);3-4H2,1-2H3/t18-,21+;18-,21-;14-;/m000./s1. The Balaban J connectivity index is 0.000000145. The largest absolute Gasteiger partial charge is 0.377 e. The molecule has 28 nitrogen and oxygen atoms in total. The minimum Gasteiger partial charge on any atom is -0.377 e. The lowest BCUT2D eigenvalue weighted by atomic mass is 9.98. The summed E-state index contributed by atoms with van der Waals surface area (Å²) in [6.07, 6.45) is 5.45. The monoisotopic (exact) mass is 1500 g/mol. The second-order valence-electron chi connectivity index (χ2n) is 31.4. The van der Waals surface area contributed by atoms with Gasteiger partial charge in [-0.25, -0.2) is 44.3 Å². The van der Waals surface area contributed by atoms with Gasteiger partial charge in [0.15, 0.2) is 23.3 Å². The first-order valence-electron chi connectivity index (χ1n) is 39.2. The van der Waals surface area contributed by atoms with Gasteiger partial charge in [-0.15, -0.1) is 0 Å². The van der Waals surface area contributed by atoms with Crippen LogP contribution in [0.5, 0.6) is 0 Å². The number of carbonyl (C=O) groups excluding carboxylic acids is 4. The molecule has 6 fully saturated rings. The maximum Gasteiger partial charge on any atom is 0.319 e. The van der Waals surface area contributed by atoms with Crippen molar-refractivity contribution in [2.24, 2.45) is 0 Å². The van der Waals surface area contributed by atoms with Gasteiger partial charge in [-0.05, 0) is 195 Å². The predicted octanol–water partition coefficient (Wildman–Crippen LogP) is 9.78.